The molecule has 0 aliphatic carbocycles. The van der Waals surface area contributed by atoms with Gasteiger partial charge in [0.2, 0.25) is 5.43 Å². The molecule has 0 saturated carbocycles. The maximum atomic E-state index is 14.2. The summed E-state index contributed by atoms with van der Waals surface area (Å²) >= 11 is 0. The van der Waals surface area contributed by atoms with Crippen LogP contribution in [0.4, 0.5) is 10.1 Å². The third-order valence-electron chi connectivity index (χ3n) is 3.41. The number of pyridine rings is 1. The van der Waals surface area contributed by atoms with E-state index in [9.17, 15) is 14.0 Å². The summed E-state index contributed by atoms with van der Waals surface area (Å²) in [7, 11) is 1.45. The average molecular weight is 293 g/mol. The number of nitrogens with two attached hydrogens (primary N) is 1. The highest BCUT2D eigenvalue weighted by molar-refractivity contribution is 5.97. The molecule has 0 spiro atoms. The predicted molar refractivity (Wildman–Crippen MR) is 73.2 cm³/mol. The summed E-state index contributed by atoms with van der Waals surface area (Å²) in [5.41, 5.74) is -0.766. The molecule has 0 saturated heterocycles. The molecule has 1 aromatic carbocycles. The van der Waals surface area contributed by atoms with Gasteiger partial charge in [-0.15, -0.1) is 0 Å². The van der Waals surface area contributed by atoms with E-state index in [-0.39, 0.29) is 23.4 Å². The van der Waals surface area contributed by atoms with Crippen LogP contribution in [0.1, 0.15) is 10.4 Å². The molecule has 0 amide bonds. The van der Waals surface area contributed by atoms with Crippen LogP contribution in [0.15, 0.2) is 17.1 Å². The standard InChI is InChI=1S/C13H12FN3O4/c1-16(15)10-8(14)4-6-9-12(10)21-3-2-17(9)5-7(11(6)18)13(19)20/h4-5H,2-3,15H2,1H3,(H,19,20). The monoisotopic (exact) mass is 293 g/mol. The van der Waals surface area contributed by atoms with Gasteiger partial charge in [-0.25, -0.2) is 15.0 Å². The normalized spacial score (nSPS) is 13.1. The third kappa shape index (κ3) is 1.83. The number of hydrazine groups is 1. The summed E-state index contributed by atoms with van der Waals surface area (Å²) in [5, 5.41) is 10.1. The molecule has 1 aliphatic rings. The highest BCUT2D eigenvalue weighted by Crippen LogP contribution is 2.38. The second kappa shape index (κ2) is 4.45. The Bertz CT molecular complexity index is 829. The Labute approximate surface area is 117 Å². The maximum absolute atomic E-state index is 14.2. The third-order valence-corrected chi connectivity index (χ3v) is 3.41. The lowest BCUT2D eigenvalue weighted by atomic mass is 10.1. The number of aromatic carboxylic acids is 1. The lowest BCUT2D eigenvalue weighted by Gasteiger charge is -2.26. The number of nitrogens with zero attached hydrogens (tertiary/aromatic N) is 2. The van der Waals surface area contributed by atoms with E-state index in [0.29, 0.717) is 12.1 Å². The topological polar surface area (TPSA) is 97.8 Å². The minimum Gasteiger partial charge on any atom is -0.487 e. The molecule has 3 rings (SSSR count). The van der Waals surface area contributed by atoms with Crippen molar-refractivity contribution >= 4 is 22.6 Å². The van der Waals surface area contributed by atoms with Crippen molar-refractivity contribution in [3.05, 3.63) is 33.9 Å². The fourth-order valence-electron chi connectivity index (χ4n) is 2.53. The van der Waals surface area contributed by atoms with Crippen LogP contribution in [0.5, 0.6) is 5.75 Å². The van der Waals surface area contributed by atoms with Gasteiger partial charge in [0.1, 0.15) is 17.9 Å². The van der Waals surface area contributed by atoms with E-state index in [4.69, 9.17) is 15.7 Å². The Hall–Kier alpha value is -2.61. The summed E-state index contributed by atoms with van der Waals surface area (Å²) in [4.78, 5) is 23.3. The Balaban J connectivity index is 2.52. The number of aromatic nitrogens is 1. The van der Waals surface area contributed by atoms with Crippen molar-refractivity contribution < 1.29 is 19.0 Å². The van der Waals surface area contributed by atoms with Crippen molar-refractivity contribution in [2.24, 2.45) is 5.84 Å². The molecule has 0 atom stereocenters. The van der Waals surface area contributed by atoms with Crippen molar-refractivity contribution in [1.82, 2.24) is 4.57 Å². The number of halogens is 1. The summed E-state index contributed by atoms with van der Waals surface area (Å²) in [5.74, 6) is 3.66. The number of carbonyl (C=O) groups is 1. The van der Waals surface area contributed by atoms with Gasteiger partial charge >= 0.3 is 5.97 Å². The minimum atomic E-state index is -1.35. The van der Waals surface area contributed by atoms with Crippen molar-refractivity contribution in [3.63, 3.8) is 0 Å². The minimum absolute atomic E-state index is 0.0263. The Morgan fingerprint density at radius 2 is 2.29 bits per heavy atom. The smallest absolute Gasteiger partial charge is 0.341 e. The van der Waals surface area contributed by atoms with Crippen LogP contribution in [0.3, 0.4) is 0 Å². The van der Waals surface area contributed by atoms with Crippen molar-refractivity contribution in [2.75, 3.05) is 18.7 Å². The van der Waals surface area contributed by atoms with Gasteiger partial charge in [0, 0.05) is 13.2 Å². The van der Waals surface area contributed by atoms with Gasteiger partial charge in [0.15, 0.2) is 11.6 Å². The highest BCUT2D eigenvalue weighted by atomic mass is 19.1. The van der Waals surface area contributed by atoms with Gasteiger partial charge in [-0.1, -0.05) is 0 Å². The molecule has 3 N–H and O–H groups in total. The highest BCUT2D eigenvalue weighted by Gasteiger charge is 2.26. The zero-order chi connectivity index (χ0) is 15.3. The summed E-state index contributed by atoms with van der Waals surface area (Å²) in [6.45, 7) is 0.595. The van der Waals surface area contributed by atoms with Crippen LogP contribution >= 0.6 is 0 Å². The lowest BCUT2D eigenvalue weighted by Crippen LogP contribution is -2.30. The van der Waals surface area contributed by atoms with Crippen LogP contribution in [-0.2, 0) is 6.54 Å². The molecular weight excluding hydrogens is 281 g/mol. The van der Waals surface area contributed by atoms with Crippen LogP contribution in [-0.4, -0.2) is 29.3 Å². The van der Waals surface area contributed by atoms with Crippen LogP contribution in [0.2, 0.25) is 0 Å². The van der Waals surface area contributed by atoms with Gasteiger partial charge in [0.25, 0.3) is 0 Å². The Morgan fingerprint density at radius 3 is 2.90 bits per heavy atom. The van der Waals surface area contributed by atoms with Gasteiger partial charge < -0.3 is 19.4 Å². The number of carboxylic acid groups (broad SMARTS) is 1. The van der Waals surface area contributed by atoms with E-state index in [1.54, 1.807) is 4.57 Å². The molecule has 8 heteroatoms. The Morgan fingerprint density at radius 1 is 1.57 bits per heavy atom. The summed E-state index contributed by atoms with van der Waals surface area (Å²) in [6, 6.07) is 0.998. The van der Waals surface area contributed by atoms with E-state index in [1.807, 2.05) is 0 Å². The van der Waals surface area contributed by atoms with E-state index >= 15 is 0 Å². The first-order valence-electron chi connectivity index (χ1n) is 6.16. The lowest BCUT2D eigenvalue weighted by molar-refractivity contribution is 0.0694. The molecular formula is C13H12FN3O4. The summed E-state index contributed by atoms with van der Waals surface area (Å²) < 4.78 is 21.2. The number of anilines is 1. The molecule has 110 valence electrons. The number of carboxylic acids is 1. The molecule has 2 heterocycles. The Kier molecular flexibility index (Phi) is 2.84. The number of ether oxygens (including phenoxy) is 1. The van der Waals surface area contributed by atoms with Gasteiger partial charge in [-0.05, 0) is 6.07 Å². The fraction of sp³-hybridized carbons (Fsp3) is 0.231. The van der Waals surface area contributed by atoms with Crippen molar-refractivity contribution in [2.45, 2.75) is 6.54 Å². The zero-order valence-electron chi connectivity index (χ0n) is 11.1. The van der Waals surface area contributed by atoms with Gasteiger partial charge in [-0.2, -0.15) is 0 Å². The van der Waals surface area contributed by atoms with E-state index in [2.05, 4.69) is 0 Å². The van der Waals surface area contributed by atoms with Crippen LogP contribution in [0.25, 0.3) is 10.9 Å². The average Bonchev–Trinajstić information content (AvgIpc) is 2.41. The molecule has 0 unspecified atom stereocenters. The fourth-order valence-corrected chi connectivity index (χ4v) is 2.53. The molecule has 0 fully saturated rings. The number of hydrogen-bond donors (Lipinski definition) is 2. The maximum Gasteiger partial charge on any atom is 0.341 e. The van der Waals surface area contributed by atoms with E-state index in [1.165, 1.54) is 13.2 Å². The number of hydrogen-bond acceptors (Lipinski definition) is 5. The van der Waals surface area contributed by atoms with E-state index < -0.39 is 22.8 Å². The molecule has 2 aromatic rings. The van der Waals surface area contributed by atoms with Crippen LogP contribution < -0.4 is 21.0 Å². The quantitative estimate of drug-likeness (QED) is 0.619. The SMILES string of the molecule is CN(N)c1c(F)cc2c(=O)c(C(=O)O)cn3c2c1OCC3. The van der Waals surface area contributed by atoms with Crippen molar-refractivity contribution in [1.29, 1.82) is 0 Å². The largest absolute Gasteiger partial charge is 0.487 e. The number of benzene rings is 1. The second-order valence-electron chi connectivity index (χ2n) is 4.76. The predicted octanol–water partition coefficient (Wildman–Crippen LogP) is 0.541. The van der Waals surface area contributed by atoms with Crippen molar-refractivity contribution in [3.8, 4) is 5.75 Å². The first kappa shape index (κ1) is 13.4. The molecule has 0 bridgehead atoms. The zero-order valence-corrected chi connectivity index (χ0v) is 11.1. The van der Waals surface area contributed by atoms with Crippen LogP contribution in [0, 0.1) is 5.82 Å². The molecule has 21 heavy (non-hydrogen) atoms. The first-order chi connectivity index (χ1) is 9.91. The summed E-state index contributed by atoms with van der Waals surface area (Å²) in [6.07, 6.45) is 1.25. The molecule has 1 aliphatic heterocycles. The van der Waals surface area contributed by atoms with Gasteiger partial charge in [0.05, 0.1) is 17.4 Å². The molecule has 7 nitrogen and oxygen atoms in total. The second-order valence-corrected chi connectivity index (χ2v) is 4.76. The molecule has 1 aromatic heterocycles. The first-order valence-corrected chi connectivity index (χ1v) is 6.16. The van der Waals surface area contributed by atoms with Gasteiger partial charge in [-0.3, -0.25) is 4.79 Å². The number of rotatable bonds is 2. The van der Waals surface area contributed by atoms with E-state index in [0.717, 1.165) is 11.1 Å². The molecule has 0 radical (unpaired) electrons.